The van der Waals surface area contributed by atoms with Crippen molar-refractivity contribution in [2.75, 3.05) is 26.7 Å². The first-order chi connectivity index (χ1) is 12.6. The van der Waals surface area contributed by atoms with E-state index in [9.17, 15) is 9.18 Å². The second-order valence-electron chi connectivity index (χ2n) is 5.76. The molecule has 1 saturated heterocycles. The van der Waals surface area contributed by atoms with Crippen LogP contribution < -0.4 is 15.4 Å². The highest BCUT2D eigenvalue weighted by molar-refractivity contribution is 6.30. The maximum atomic E-state index is 13.9. The van der Waals surface area contributed by atoms with Gasteiger partial charge in [-0.25, -0.2) is 9.37 Å². The Labute approximate surface area is 167 Å². The van der Waals surface area contributed by atoms with E-state index >= 15 is 0 Å². The Balaban J connectivity index is 0.00000261. The molecule has 0 bridgehead atoms. The van der Waals surface area contributed by atoms with Gasteiger partial charge in [0.25, 0.3) is 5.91 Å². The van der Waals surface area contributed by atoms with Crippen molar-refractivity contribution in [2.45, 2.75) is 12.2 Å². The van der Waals surface area contributed by atoms with Gasteiger partial charge in [-0.1, -0.05) is 17.7 Å². The van der Waals surface area contributed by atoms with Crippen LogP contribution in [0.1, 0.15) is 22.0 Å². The first kappa shape index (κ1) is 21.4. The van der Waals surface area contributed by atoms with Crippen LogP contribution in [0.3, 0.4) is 0 Å². The van der Waals surface area contributed by atoms with E-state index in [4.69, 9.17) is 21.1 Å². The van der Waals surface area contributed by atoms with Gasteiger partial charge in [0.15, 0.2) is 0 Å². The molecule has 2 unspecified atom stereocenters. The molecule has 2 aromatic rings. The minimum absolute atomic E-state index is 0. The normalized spacial score (nSPS) is 19.5. The zero-order valence-corrected chi connectivity index (χ0v) is 16.1. The topological polar surface area (TPSA) is 72.5 Å². The maximum Gasteiger partial charge on any atom is 0.256 e. The fraction of sp³-hybridized carbons (Fsp3) is 0.333. The molecular formula is C18H20Cl2FN3O3. The predicted molar refractivity (Wildman–Crippen MR) is 102 cm³/mol. The predicted octanol–water partition coefficient (Wildman–Crippen LogP) is 2.76. The van der Waals surface area contributed by atoms with Crippen LogP contribution in [0.2, 0.25) is 5.02 Å². The van der Waals surface area contributed by atoms with Crippen molar-refractivity contribution < 1.29 is 18.7 Å². The summed E-state index contributed by atoms with van der Waals surface area (Å²) >= 11 is 5.78. The number of carbonyl (C=O) groups excluding carboxylic acids is 1. The average Bonchev–Trinajstić information content (AvgIpc) is 2.89. The van der Waals surface area contributed by atoms with Crippen molar-refractivity contribution in [3.05, 3.63) is 58.5 Å². The number of hydrogen-bond acceptors (Lipinski definition) is 5. The molecule has 2 atom stereocenters. The number of amides is 1. The largest absolute Gasteiger partial charge is 0.469 e. The lowest BCUT2D eigenvalue weighted by molar-refractivity contribution is -0.0105. The van der Waals surface area contributed by atoms with E-state index in [2.05, 4.69) is 15.6 Å². The van der Waals surface area contributed by atoms with E-state index in [-0.39, 0.29) is 29.2 Å². The summed E-state index contributed by atoms with van der Waals surface area (Å²) in [5.74, 6) is -0.624. The van der Waals surface area contributed by atoms with Gasteiger partial charge in [0.1, 0.15) is 23.6 Å². The van der Waals surface area contributed by atoms with Gasteiger partial charge in [-0.05, 0) is 29.8 Å². The average molecular weight is 416 g/mol. The summed E-state index contributed by atoms with van der Waals surface area (Å²) in [4.78, 5) is 16.2. The third-order valence-electron chi connectivity index (χ3n) is 4.04. The number of halogens is 3. The molecule has 0 spiro atoms. The number of aromatic nitrogens is 1. The van der Waals surface area contributed by atoms with Crippen molar-refractivity contribution in [3.8, 4) is 5.88 Å². The molecule has 2 heterocycles. The Bertz CT molecular complexity index is 794. The van der Waals surface area contributed by atoms with Gasteiger partial charge in [0.05, 0.1) is 11.6 Å². The molecule has 1 aliphatic rings. The number of benzene rings is 1. The Kier molecular flexibility index (Phi) is 7.79. The zero-order valence-electron chi connectivity index (χ0n) is 14.6. The summed E-state index contributed by atoms with van der Waals surface area (Å²) in [7, 11) is 1.54. The second-order valence-corrected chi connectivity index (χ2v) is 6.17. The molecule has 1 aromatic carbocycles. The van der Waals surface area contributed by atoms with Gasteiger partial charge >= 0.3 is 0 Å². The Morgan fingerprint density at radius 1 is 1.44 bits per heavy atom. The zero-order chi connectivity index (χ0) is 18.5. The number of rotatable bonds is 4. The van der Waals surface area contributed by atoms with Crippen LogP contribution >= 0.6 is 24.0 Å². The molecule has 1 fully saturated rings. The van der Waals surface area contributed by atoms with E-state index in [0.29, 0.717) is 30.8 Å². The number of pyridine rings is 1. The maximum absolute atomic E-state index is 13.9. The van der Waals surface area contributed by atoms with Gasteiger partial charge in [0.2, 0.25) is 5.88 Å². The van der Waals surface area contributed by atoms with Gasteiger partial charge in [-0.2, -0.15) is 0 Å². The van der Waals surface area contributed by atoms with E-state index in [1.54, 1.807) is 24.4 Å². The lowest BCUT2D eigenvalue weighted by atomic mass is 10.0. The van der Waals surface area contributed by atoms with E-state index in [0.717, 1.165) is 0 Å². The molecule has 1 amide bonds. The van der Waals surface area contributed by atoms with Crippen molar-refractivity contribution in [3.63, 3.8) is 0 Å². The van der Waals surface area contributed by atoms with Crippen LogP contribution in [0, 0.1) is 5.82 Å². The third kappa shape index (κ3) is 5.07. The molecule has 0 saturated carbocycles. The SMILES string of the molecule is CNC(=O)c1cccnc1OC1CNCCOC1c1ccc(Cl)c(F)c1.Cl. The van der Waals surface area contributed by atoms with Crippen LogP contribution in [0.25, 0.3) is 0 Å². The molecule has 2 N–H and O–H groups in total. The first-order valence-electron chi connectivity index (χ1n) is 8.21. The van der Waals surface area contributed by atoms with Gasteiger partial charge in [-0.3, -0.25) is 4.79 Å². The highest BCUT2D eigenvalue weighted by Gasteiger charge is 2.30. The molecule has 1 aromatic heterocycles. The number of nitrogens with one attached hydrogen (secondary N) is 2. The van der Waals surface area contributed by atoms with Crippen LogP contribution in [0.15, 0.2) is 36.5 Å². The molecule has 6 nitrogen and oxygen atoms in total. The molecule has 1 aliphatic heterocycles. The second kappa shape index (κ2) is 9.85. The Morgan fingerprint density at radius 3 is 3.00 bits per heavy atom. The van der Waals surface area contributed by atoms with Gasteiger partial charge < -0.3 is 20.1 Å². The summed E-state index contributed by atoms with van der Waals surface area (Å²) in [6, 6.07) is 7.82. The molecule has 0 radical (unpaired) electrons. The Morgan fingerprint density at radius 2 is 2.26 bits per heavy atom. The first-order valence-corrected chi connectivity index (χ1v) is 8.59. The van der Waals surface area contributed by atoms with Crippen molar-refractivity contribution in [1.29, 1.82) is 0 Å². The molecule has 27 heavy (non-hydrogen) atoms. The van der Waals surface area contributed by atoms with Crippen LogP contribution in [-0.4, -0.2) is 43.7 Å². The fourth-order valence-electron chi connectivity index (χ4n) is 2.76. The Hall–Kier alpha value is -1.93. The summed E-state index contributed by atoms with van der Waals surface area (Å²) in [6.07, 6.45) is 0.511. The number of hydrogen-bond donors (Lipinski definition) is 2. The smallest absolute Gasteiger partial charge is 0.256 e. The fourth-order valence-corrected chi connectivity index (χ4v) is 2.87. The number of carbonyl (C=O) groups is 1. The molecule has 146 valence electrons. The minimum atomic E-state index is -0.531. The lowest BCUT2D eigenvalue weighted by Crippen LogP contribution is -2.35. The van der Waals surface area contributed by atoms with E-state index in [1.165, 1.54) is 19.2 Å². The highest BCUT2D eigenvalue weighted by Crippen LogP contribution is 2.29. The summed E-state index contributed by atoms with van der Waals surface area (Å²) < 4.78 is 25.8. The number of ether oxygens (including phenoxy) is 2. The van der Waals surface area contributed by atoms with E-state index in [1.807, 2.05) is 0 Å². The summed E-state index contributed by atoms with van der Waals surface area (Å²) in [5.41, 5.74) is 0.929. The third-order valence-corrected chi connectivity index (χ3v) is 4.34. The lowest BCUT2D eigenvalue weighted by Gasteiger charge is -2.26. The standard InChI is InChI=1S/C18H19ClFN3O3.ClH/c1-21-17(24)12-3-2-6-23-18(12)26-15-10-22-7-8-25-16(15)11-4-5-13(19)14(20)9-11;/h2-6,9,15-16,22H,7-8,10H2,1H3,(H,21,24);1H. The van der Waals surface area contributed by atoms with Crippen molar-refractivity contribution >= 4 is 29.9 Å². The van der Waals surface area contributed by atoms with Crippen LogP contribution in [0.5, 0.6) is 5.88 Å². The quantitative estimate of drug-likeness (QED) is 0.802. The minimum Gasteiger partial charge on any atom is -0.469 e. The van der Waals surface area contributed by atoms with Gasteiger partial charge in [0, 0.05) is 26.3 Å². The molecule has 9 heteroatoms. The van der Waals surface area contributed by atoms with E-state index < -0.39 is 18.0 Å². The van der Waals surface area contributed by atoms with Crippen LogP contribution in [0.4, 0.5) is 4.39 Å². The van der Waals surface area contributed by atoms with Crippen molar-refractivity contribution in [1.82, 2.24) is 15.6 Å². The van der Waals surface area contributed by atoms with Crippen LogP contribution in [-0.2, 0) is 4.74 Å². The monoisotopic (exact) mass is 415 g/mol. The number of nitrogens with zero attached hydrogens (tertiary/aromatic N) is 1. The molecule has 3 rings (SSSR count). The molecular weight excluding hydrogens is 396 g/mol. The highest BCUT2D eigenvalue weighted by atomic mass is 35.5. The van der Waals surface area contributed by atoms with Crippen molar-refractivity contribution in [2.24, 2.45) is 0 Å². The molecule has 0 aliphatic carbocycles. The summed E-state index contributed by atoms with van der Waals surface area (Å²) in [5, 5.41) is 5.81. The van der Waals surface area contributed by atoms with Gasteiger partial charge in [-0.15, -0.1) is 12.4 Å². The summed E-state index contributed by atoms with van der Waals surface area (Å²) in [6.45, 7) is 1.54.